The molecular weight excluding hydrogens is 382 g/mol. The fourth-order valence-corrected chi connectivity index (χ4v) is 3.68. The van der Waals surface area contributed by atoms with E-state index in [0.717, 1.165) is 57.0 Å². The number of anilines is 1. The molecular formula is C21H27N7O2. The van der Waals surface area contributed by atoms with Gasteiger partial charge in [-0.1, -0.05) is 30.3 Å². The number of hydrogen-bond acceptors (Lipinski definition) is 8. The van der Waals surface area contributed by atoms with Crippen LogP contribution in [0.3, 0.4) is 0 Å². The lowest BCUT2D eigenvalue weighted by Crippen LogP contribution is -2.47. The number of carbonyl (C=O) groups excluding carboxylic acids is 1. The Hall–Kier alpha value is -3.04. The van der Waals surface area contributed by atoms with Crippen LogP contribution in [0.4, 0.5) is 5.82 Å². The lowest BCUT2D eigenvalue weighted by atomic mass is 10.2. The van der Waals surface area contributed by atoms with Crippen molar-refractivity contribution in [2.45, 2.75) is 13.1 Å². The number of piperazine rings is 1. The summed E-state index contributed by atoms with van der Waals surface area (Å²) in [4.78, 5) is 25.1. The van der Waals surface area contributed by atoms with Gasteiger partial charge in [-0.3, -0.25) is 14.6 Å². The van der Waals surface area contributed by atoms with Gasteiger partial charge in [0.2, 0.25) is 0 Å². The highest BCUT2D eigenvalue weighted by Gasteiger charge is 2.17. The Labute approximate surface area is 175 Å². The Kier molecular flexibility index (Phi) is 6.50. The summed E-state index contributed by atoms with van der Waals surface area (Å²) in [6.07, 6.45) is 3.17. The third-order valence-corrected chi connectivity index (χ3v) is 5.37. The maximum atomic E-state index is 11.5. The molecule has 0 aliphatic carbocycles. The van der Waals surface area contributed by atoms with Crippen molar-refractivity contribution in [1.29, 1.82) is 0 Å². The van der Waals surface area contributed by atoms with Crippen LogP contribution in [-0.2, 0) is 22.6 Å². The van der Waals surface area contributed by atoms with E-state index >= 15 is 0 Å². The molecule has 1 aromatic carbocycles. The predicted molar refractivity (Wildman–Crippen MR) is 114 cm³/mol. The van der Waals surface area contributed by atoms with Crippen molar-refractivity contribution < 1.29 is 9.53 Å². The van der Waals surface area contributed by atoms with Crippen LogP contribution in [0.25, 0.3) is 11.0 Å². The number of fused-ring (bicyclic) bond motifs is 1. The number of benzene rings is 1. The molecule has 1 aliphatic heterocycles. The van der Waals surface area contributed by atoms with E-state index in [1.54, 1.807) is 6.20 Å². The molecule has 9 nitrogen and oxygen atoms in total. The standard InChI is InChI=1S/C21H27N7O2/c1-30-19(29)15-28-21-18(13-25-28)20(23-16-24-21)22-7-8-26-9-11-27(12-10-26)14-17-5-3-2-4-6-17/h2-6,13,16H,7-12,14-15H2,1H3,(H,22,23,24). The maximum Gasteiger partial charge on any atom is 0.327 e. The van der Waals surface area contributed by atoms with Gasteiger partial charge in [0, 0.05) is 45.8 Å². The molecule has 1 N–H and O–H groups in total. The minimum absolute atomic E-state index is 0.0315. The van der Waals surface area contributed by atoms with Crippen LogP contribution in [0.2, 0.25) is 0 Å². The summed E-state index contributed by atoms with van der Waals surface area (Å²) >= 11 is 0. The molecule has 0 spiro atoms. The van der Waals surface area contributed by atoms with Gasteiger partial charge in [-0.15, -0.1) is 0 Å². The van der Waals surface area contributed by atoms with Gasteiger partial charge in [0.1, 0.15) is 18.7 Å². The Morgan fingerprint density at radius 1 is 1.10 bits per heavy atom. The molecule has 1 fully saturated rings. The molecule has 1 saturated heterocycles. The number of esters is 1. The second-order valence-corrected chi connectivity index (χ2v) is 7.37. The van der Waals surface area contributed by atoms with Gasteiger partial charge < -0.3 is 10.1 Å². The Morgan fingerprint density at radius 2 is 1.87 bits per heavy atom. The quantitative estimate of drug-likeness (QED) is 0.556. The highest BCUT2D eigenvalue weighted by Crippen LogP contribution is 2.18. The number of carbonyl (C=O) groups is 1. The molecule has 158 valence electrons. The SMILES string of the molecule is COC(=O)Cn1ncc2c(NCCN3CCN(Cc4ccccc4)CC3)ncnc21. The molecule has 0 unspecified atom stereocenters. The summed E-state index contributed by atoms with van der Waals surface area (Å²) in [5.41, 5.74) is 1.99. The zero-order chi connectivity index (χ0) is 20.8. The zero-order valence-corrected chi connectivity index (χ0v) is 17.2. The molecule has 3 aromatic rings. The third-order valence-electron chi connectivity index (χ3n) is 5.37. The van der Waals surface area contributed by atoms with Gasteiger partial charge in [0.05, 0.1) is 18.7 Å². The Bertz CT molecular complexity index is 968. The zero-order valence-electron chi connectivity index (χ0n) is 17.2. The van der Waals surface area contributed by atoms with Crippen LogP contribution in [0.1, 0.15) is 5.56 Å². The van der Waals surface area contributed by atoms with Crippen LogP contribution in [0.15, 0.2) is 42.9 Å². The summed E-state index contributed by atoms with van der Waals surface area (Å²) in [5, 5.41) is 8.43. The van der Waals surface area contributed by atoms with Crippen LogP contribution in [-0.4, -0.2) is 81.9 Å². The lowest BCUT2D eigenvalue weighted by Gasteiger charge is -2.34. The van der Waals surface area contributed by atoms with Crippen molar-refractivity contribution in [3.05, 3.63) is 48.4 Å². The number of nitrogens with zero attached hydrogens (tertiary/aromatic N) is 6. The summed E-state index contributed by atoms with van der Waals surface area (Å²) in [6, 6.07) is 10.6. The minimum atomic E-state index is -0.362. The fraction of sp³-hybridized carbons (Fsp3) is 0.429. The molecule has 3 heterocycles. The van der Waals surface area contributed by atoms with E-state index in [0.29, 0.717) is 5.65 Å². The molecule has 0 bridgehead atoms. The number of ether oxygens (including phenoxy) is 1. The molecule has 9 heteroatoms. The smallest absolute Gasteiger partial charge is 0.327 e. The van der Waals surface area contributed by atoms with Gasteiger partial charge >= 0.3 is 5.97 Å². The number of hydrogen-bond donors (Lipinski definition) is 1. The monoisotopic (exact) mass is 409 g/mol. The van der Waals surface area contributed by atoms with Gasteiger partial charge in [-0.25, -0.2) is 14.6 Å². The van der Waals surface area contributed by atoms with Crippen molar-refractivity contribution in [3.8, 4) is 0 Å². The highest BCUT2D eigenvalue weighted by atomic mass is 16.5. The average molecular weight is 409 g/mol. The van der Waals surface area contributed by atoms with Crippen molar-refractivity contribution in [2.75, 3.05) is 51.7 Å². The van der Waals surface area contributed by atoms with E-state index in [1.807, 2.05) is 0 Å². The first-order valence-corrected chi connectivity index (χ1v) is 10.2. The minimum Gasteiger partial charge on any atom is -0.468 e. The number of aromatic nitrogens is 4. The van der Waals surface area contributed by atoms with Gasteiger partial charge in [-0.2, -0.15) is 5.10 Å². The molecule has 0 amide bonds. The van der Waals surface area contributed by atoms with E-state index in [4.69, 9.17) is 4.74 Å². The Balaban J connectivity index is 1.26. The molecule has 0 saturated carbocycles. The lowest BCUT2D eigenvalue weighted by molar-refractivity contribution is -0.141. The fourth-order valence-electron chi connectivity index (χ4n) is 3.68. The molecule has 0 atom stereocenters. The van der Waals surface area contributed by atoms with E-state index in [2.05, 4.69) is 60.5 Å². The predicted octanol–water partition coefficient (Wildman–Crippen LogP) is 1.23. The summed E-state index contributed by atoms with van der Waals surface area (Å²) in [6.45, 7) is 7.05. The van der Waals surface area contributed by atoms with Crippen LogP contribution < -0.4 is 5.32 Å². The van der Waals surface area contributed by atoms with E-state index in [-0.39, 0.29) is 12.5 Å². The van der Waals surface area contributed by atoms with Crippen LogP contribution >= 0.6 is 0 Å². The molecule has 2 aromatic heterocycles. The summed E-state index contributed by atoms with van der Waals surface area (Å²) in [5.74, 6) is 0.373. The second-order valence-electron chi connectivity index (χ2n) is 7.37. The van der Waals surface area contributed by atoms with Gasteiger partial charge in [0.15, 0.2) is 5.65 Å². The van der Waals surface area contributed by atoms with E-state index in [9.17, 15) is 4.79 Å². The average Bonchev–Trinajstić information content (AvgIpc) is 3.19. The summed E-state index contributed by atoms with van der Waals surface area (Å²) < 4.78 is 6.24. The van der Waals surface area contributed by atoms with Crippen molar-refractivity contribution >= 4 is 22.8 Å². The molecule has 1 aliphatic rings. The number of nitrogens with one attached hydrogen (secondary N) is 1. The third kappa shape index (κ3) is 4.92. The first-order chi connectivity index (χ1) is 14.7. The van der Waals surface area contributed by atoms with Crippen LogP contribution in [0.5, 0.6) is 0 Å². The van der Waals surface area contributed by atoms with Crippen LogP contribution in [0, 0.1) is 0 Å². The van der Waals surface area contributed by atoms with E-state index < -0.39 is 0 Å². The topological polar surface area (TPSA) is 88.4 Å². The molecule has 0 radical (unpaired) electrons. The first-order valence-electron chi connectivity index (χ1n) is 10.2. The van der Waals surface area contributed by atoms with Crippen molar-refractivity contribution in [1.82, 2.24) is 29.5 Å². The van der Waals surface area contributed by atoms with Gasteiger partial charge in [-0.05, 0) is 5.56 Å². The highest BCUT2D eigenvalue weighted by molar-refractivity contribution is 5.86. The number of methoxy groups -OCH3 is 1. The van der Waals surface area contributed by atoms with E-state index in [1.165, 1.54) is 23.7 Å². The molecule has 30 heavy (non-hydrogen) atoms. The maximum absolute atomic E-state index is 11.5. The molecule has 4 rings (SSSR count). The first kappa shape index (κ1) is 20.2. The van der Waals surface area contributed by atoms with Gasteiger partial charge in [0.25, 0.3) is 0 Å². The second kappa shape index (κ2) is 9.64. The Morgan fingerprint density at radius 3 is 2.63 bits per heavy atom. The largest absolute Gasteiger partial charge is 0.468 e. The van der Waals surface area contributed by atoms with Crippen molar-refractivity contribution in [2.24, 2.45) is 0 Å². The van der Waals surface area contributed by atoms with Crippen molar-refractivity contribution in [3.63, 3.8) is 0 Å². The summed E-state index contributed by atoms with van der Waals surface area (Å²) in [7, 11) is 1.36. The normalized spacial score (nSPS) is 15.4. The number of rotatable bonds is 8.